The molecule has 17 heavy (non-hydrogen) atoms. The van der Waals surface area contributed by atoms with Crippen LogP contribution in [0.3, 0.4) is 0 Å². The van der Waals surface area contributed by atoms with E-state index in [1.165, 1.54) is 4.90 Å². The minimum Gasteiger partial charge on any atom is -0.410 e. The summed E-state index contributed by atoms with van der Waals surface area (Å²) in [7, 11) is 1.61. The van der Waals surface area contributed by atoms with Crippen LogP contribution < -0.4 is 4.74 Å². The Morgan fingerprint density at radius 1 is 1.35 bits per heavy atom. The molecule has 1 rings (SSSR count). The lowest BCUT2D eigenvalue weighted by Gasteiger charge is -2.15. The molecule has 4 nitrogen and oxygen atoms in total. The number of nitriles is 1. The van der Waals surface area contributed by atoms with E-state index < -0.39 is 6.09 Å². The summed E-state index contributed by atoms with van der Waals surface area (Å²) >= 11 is 0. The van der Waals surface area contributed by atoms with Gasteiger partial charge in [0.15, 0.2) is 0 Å². The number of hydrogen-bond donors (Lipinski definition) is 0. The van der Waals surface area contributed by atoms with Crippen LogP contribution >= 0.6 is 0 Å². The van der Waals surface area contributed by atoms with Gasteiger partial charge < -0.3 is 9.64 Å². The van der Waals surface area contributed by atoms with Gasteiger partial charge in [0.2, 0.25) is 0 Å². The molecule has 0 aliphatic rings. The van der Waals surface area contributed by atoms with E-state index in [2.05, 4.69) is 0 Å². The molecule has 0 atom stereocenters. The highest BCUT2D eigenvalue weighted by atomic mass is 16.6. The van der Waals surface area contributed by atoms with Crippen LogP contribution in [0, 0.1) is 25.2 Å². The third kappa shape index (κ3) is 4.15. The maximum Gasteiger partial charge on any atom is 0.414 e. The fraction of sp³-hybridized carbons (Fsp3) is 0.385. The predicted molar refractivity (Wildman–Crippen MR) is 64.8 cm³/mol. The Balaban J connectivity index is 2.64. The Hall–Kier alpha value is -2.02. The minimum absolute atomic E-state index is 0.304. The number of carbonyl (C=O) groups is 1. The average Bonchev–Trinajstić information content (AvgIpc) is 2.24. The van der Waals surface area contributed by atoms with Crippen LogP contribution in [0.1, 0.15) is 17.5 Å². The molecule has 1 aromatic carbocycles. The van der Waals surface area contributed by atoms with Crippen LogP contribution in [-0.4, -0.2) is 24.6 Å². The number of benzene rings is 1. The summed E-state index contributed by atoms with van der Waals surface area (Å²) in [5.41, 5.74) is 2.10. The minimum atomic E-state index is -0.440. The normalized spacial score (nSPS) is 9.53. The van der Waals surface area contributed by atoms with Crippen LogP contribution in [0.15, 0.2) is 18.2 Å². The first-order valence-electron chi connectivity index (χ1n) is 5.41. The smallest absolute Gasteiger partial charge is 0.410 e. The summed E-state index contributed by atoms with van der Waals surface area (Å²) in [6, 6.07) is 7.61. The number of hydrogen-bond acceptors (Lipinski definition) is 3. The zero-order chi connectivity index (χ0) is 12.8. The molecule has 0 aromatic heterocycles. The van der Waals surface area contributed by atoms with E-state index in [9.17, 15) is 4.79 Å². The number of aryl methyl sites for hydroxylation is 2. The van der Waals surface area contributed by atoms with Gasteiger partial charge in [-0.15, -0.1) is 0 Å². The summed E-state index contributed by atoms with van der Waals surface area (Å²) in [6.07, 6.45) is -0.136. The number of amides is 1. The van der Waals surface area contributed by atoms with Crippen molar-refractivity contribution in [3.8, 4) is 11.8 Å². The van der Waals surface area contributed by atoms with E-state index in [0.717, 1.165) is 11.1 Å². The number of carbonyl (C=O) groups excluding carboxylic acids is 1. The summed E-state index contributed by atoms with van der Waals surface area (Å²) < 4.78 is 5.21. The molecule has 1 aromatic rings. The molecule has 0 N–H and O–H groups in total. The molecule has 0 aliphatic heterocycles. The van der Waals surface area contributed by atoms with E-state index in [4.69, 9.17) is 10.00 Å². The van der Waals surface area contributed by atoms with E-state index in [1.807, 2.05) is 38.1 Å². The van der Waals surface area contributed by atoms with E-state index in [1.54, 1.807) is 7.05 Å². The lowest BCUT2D eigenvalue weighted by molar-refractivity contribution is 0.164. The van der Waals surface area contributed by atoms with Crippen molar-refractivity contribution < 1.29 is 9.53 Å². The lowest BCUT2D eigenvalue weighted by atomic mass is 10.1. The topological polar surface area (TPSA) is 53.3 Å². The van der Waals surface area contributed by atoms with Gasteiger partial charge in [-0.3, -0.25) is 0 Å². The standard InChI is InChI=1S/C13H16N2O2/c1-10-7-11(2)9-12(8-10)17-13(16)15(3)6-4-5-14/h7-9H,4,6H2,1-3H3. The van der Waals surface area contributed by atoms with Gasteiger partial charge in [0.05, 0.1) is 12.5 Å². The van der Waals surface area contributed by atoms with Crippen molar-refractivity contribution in [2.24, 2.45) is 0 Å². The van der Waals surface area contributed by atoms with Gasteiger partial charge in [-0.2, -0.15) is 5.26 Å². The zero-order valence-electron chi connectivity index (χ0n) is 10.4. The molecule has 0 radical (unpaired) electrons. The number of rotatable bonds is 3. The van der Waals surface area contributed by atoms with Gasteiger partial charge >= 0.3 is 6.09 Å². The third-order valence-electron chi connectivity index (χ3n) is 2.27. The fourth-order valence-electron chi connectivity index (χ4n) is 1.48. The van der Waals surface area contributed by atoms with Crippen molar-refractivity contribution in [2.75, 3.05) is 13.6 Å². The summed E-state index contributed by atoms with van der Waals surface area (Å²) in [6.45, 7) is 4.27. The second-order valence-electron chi connectivity index (χ2n) is 4.02. The Morgan fingerprint density at radius 2 is 1.94 bits per heavy atom. The Kier molecular flexibility index (Phi) is 4.53. The first kappa shape index (κ1) is 13.0. The quantitative estimate of drug-likeness (QED) is 0.805. The molecule has 0 heterocycles. The van der Waals surface area contributed by atoms with E-state index >= 15 is 0 Å². The van der Waals surface area contributed by atoms with E-state index in [0.29, 0.717) is 18.7 Å². The van der Waals surface area contributed by atoms with Crippen LogP contribution in [0.2, 0.25) is 0 Å². The third-order valence-corrected chi connectivity index (χ3v) is 2.27. The fourth-order valence-corrected chi connectivity index (χ4v) is 1.48. The average molecular weight is 232 g/mol. The molecule has 0 saturated heterocycles. The first-order valence-corrected chi connectivity index (χ1v) is 5.41. The maximum absolute atomic E-state index is 11.6. The first-order chi connectivity index (χ1) is 8.02. The second kappa shape index (κ2) is 5.90. The van der Waals surface area contributed by atoms with Gasteiger partial charge in [-0.05, 0) is 37.1 Å². The van der Waals surface area contributed by atoms with Crippen molar-refractivity contribution in [1.82, 2.24) is 4.90 Å². The van der Waals surface area contributed by atoms with Gasteiger partial charge in [-0.25, -0.2) is 4.79 Å². The molecule has 4 heteroatoms. The molecule has 0 aliphatic carbocycles. The number of ether oxygens (including phenoxy) is 1. The lowest BCUT2D eigenvalue weighted by Crippen LogP contribution is -2.30. The molecule has 0 fully saturated rings. The molecule has 0 saturated carbocycles. The van der Waals surface area contributed by atoms with E-state index in [-0.39, 0.29) is 0 Å². The van der Waals surface area contributed by atoms with Gasteiger partial charge in [0.25, 0.3) is 0 Å². The van der Waals surface area contributed by atoms with Crippen LogP contribution in [0.5, 0.6) is 5.75 Å². The maximum atomic E-state index is 11.6. The molecule has 0 bridgehead atoms. The SMILES string of the molecule is Cc1cc(C)cc(OC(=O)N(C)CCC#N)c1. The van der Waals surface area contributed by atoms with Crippen molar-refractivity contribution in [1.29, 1.82) is 5.26 Å². The van der Waals surface area contributed by atoms with Crippen LogP contribution in [-0.2, 0) is 0 Å². The molecule has 1 amide bonds. The predicted octanol–water partition coefficient (Wildman–Crippen LogP) is 2.65. The molecule has 0 unspecified atom stereocenters. The monoisotopic (exact) mass is 232 g/mol. The van der Waals surface area contributed by atoms with Gasteiger partial charge in [-0.1, -0.05) is 6.07 Å². The largest absolute Gasteiger partial charge is 0.414 e. The van der Waals surface area contributed by atoms with Gasteiger partial charge in [0.1, 0.15) is 5.75 Å². The van der Waals surface area contributed by atoms with Crippen molar-refractivity contribution in [2.45, 2.75) is 20.3 Å². The Bertz CT molecular complexity index is 429. The van der Waals surface area contributed by atoms with Crippen LogP contribution in [0.25, 0.3) is 0 Å². The molecular weight excluding hydrogens is 216 g/mol. The highest BCUT2D eigenvalue weighted by Crippen LogP contribution is 2.16. The van der Waals surface area contributed by atoms with Crippen molar-refractivity contribution in [3.63, 3.8) is 0 Å². The highest BCUT2D eigenvalue weighted by molar-refractivity contribution is 5.70. The van der Waals surface area contributed by atoms with Crippen LogP contribution in [0.4, 0.5) is 4.79 Å². The zero-order valence-corrected chi connectivity index (χ0v) is 10.4. The summed E-state index contributed by atoms with van der Waals surface area (Å²) in [4.78, 5) is 13.0. The highest BCUT2D eigenvalue weighted by Gasteiger charge is 2.10. The number of nitrogens with zero attached hydrogens (tertiary/aromatic N) is 2. The van der Waals surface area contributed by atoms with Crippen molar-refractivity contribution >= 4 is 6.09 Å². The van der Waals surface area contributed by atoms with Gasteiger partial charge in [0, 0.05) is 13.6 Å². The Morgan fingerprint density at radius 3 is 2.47 bits per heavy atom. The summed E-state index contributed by atoms with van der Waals surface area (Å²) in [5, 5.41) is 8.43. The molecule has 90 valence electrons. The molecule has 0 spiro atoms. The summed E-state index contributed by atoms with van der Waals surface area (Å²) in [5.74, 6) is 0.538. The second-order valence-corrected chi connectivity index (χ2v) is 4.02. The van der Waals surface area contributed by atoms with Crippen molar-refractivity contribution in [3.05, 3.63) is 29.3 Å². The molecular formula is C13H16N2O2. The Labute approximate surface area is 101 Å².